The monoisotopic (exact) mass is 332 g/mol. The molecule has 0 saturated heterocycles. The average Bonchev–Trinajstić information content (AvgIpc) is 2.49. The van der Waals surface area contributed by atoms with Crippen molar-refractivity contribution in [1.82, 2.24) is 0 Å². The van der Waals surface area contributed by atoms with Crippen LogP contribution in [0.2, 0.25) is 6.04 Å². The highest BCUT2D eigenvalue weighted by Gasteiger charge is 2.37. The Morgan fingerprint density at radius 2 is 1.81 bits per heavy atom. The zero-order valence-corrected chi connectivity index (χ0v) is 16.3. The Hall–Kier alpha value is 0.187. The third-order valence-corrected chi connectivity index (χ3v) is 9.00. The summed E-state index contributed by atoms with van der Waals surface area (Å²) in [6.07, 6.45) is 5.01. The van der Waals surface area contributed by atoms with Crippen molar-refractivity contribution >= 4 is 20.6 Å². The maximum absolute atomic E-state index is 5.48. The first-order chi connectivity index (χ1) is 9.98. The number of allylic oxidation sites excluding steroid dienone is 2. The maximum Gasteiger partial charge on any atom is 0.500 e. The lowest BCUT2D eigenvalue weighted by molar-refractivity contribution is 0.123. The summed E-state index contributed by atoms with van der Waals surface area (Å²) in [4.78, 5) is 0. The standard InChI is InChI=1S/C16H32O3SSi/c1-13(2)15-9-8-14(3)16(12-15)20-10-7-11-21(17-4,18-5)19-6/h14,16H,7-12H2,1-6H3. The van der Waals surface area contributed by atoms with Crippen LogP contribution in [-0.4, -0.2) is 41.1 Å². The molecule has 1 aliphatic rings. The maximum atomic E-state index is 5.48. The minimum absolute atomic E-state index is 0.771. The molecule has 0 amide bonds. The predicted octanol–water partition coefficient (Wildman–Crippen LogP) is 4.51. The molecule has 2 unspecified atom stereocenters. The molecule has 0 spiro atoms. The van der Waals surface area contributed by atoms with Crippen LogP contribution < -0.4 is 0 Å². The van der Waals surface area contributed by atoms with Gasteiger partial charge in [-0.05, 0) is 51.2 Å². The summed E-state index contributed by atoms with van der Waals surface area (Å²) in [5.74, 6) is 1.99. The van der Waals surface area contributed by atoms with Crippen LogP contribution in [0, 0.1) is 5.92 Å². The van der Waals surface area contributed by atoms with Gasteiger partial charge in [-0.15, -0.1) is 0 Å². The average molecular weight is 333 g/mol. The summed E-state index contributed by atoms with van der Waals surface area (Å²) in [6.45, 7) is 6.91. The summed E-state index contributed by atoms with van der Waals surface area (Å²) >= 11 is 2.12. The number of hydrogen-bond donors (Lipinski definition) is 0. The van der Waals surface area contributed by atoms with Gasteiger partial charge in [-0.1, -0.05) is 18.1 Å². The van der Waals surface area contributed by atoms with E-state index in [-0.39, 0.29) is 0 Å². The third kappa shape index (κ3) is 5.71. The second kappa shape index (κ2) is 9.35. The van der Waals surface area contributed by atoms with E-state index in [0.29, 0.717) is 0 Å². The molecule has 3 nitrogen and oxygen atoms in total. The van der Waals surface area contributed by atoms with Crippen LogP contribution >= 0.6 is 11.8 Å². The lowest BCUT2D eigenvalue weighted by atomic mass is 9.85. The summed E-state index contributed by atoms with van der Waals surface area (Å²) in [5.41, 5.74) is 3.21. The van der Waals surface area contributed by atoms with Crippen LogP contribution in [0.5, 0.6) is 0 Å². The summed E-state index contributed by atoms with van der Waals surface area (Å²) in [6, 6.07) is 0.903. The van der Waals surface area contributed by atoms with Crippen LogP contribution in [-0.2, 0) is 13.3 Å². The van der Waals surface area contributed by atoms with Gasteiger partial charge in [0.15, 0.2) is 0 Å². The van der Waals surface area contributed by atoms with Crippen molar-refractivity contribution in [3.05, 3.63) is 11.1 Å². The second-order valence-corrected chi connectivity index (χ2v) is 10.6. The fraction of sp³-hybridized carbons (Fsp3) is 0.875. The summed E-state index contributed by atoms with van der Waals surface area (Å²) < 4.78 is 16.4. The lowest BCUT2D eigenvalue weighted by Gasteiger charge is -2.31. The number of hydrogen-bond acceptors (Lipinski definition) is 4. The van der Waals surface area contributed by atoms with Gasteiger partial charge in [-0.3, -0.25) is 0 Å². The molecule has 0 bridgehead atoms. The predicted molar refractivity (Wildman–Crippen MR) is 93.8 cm³/mol. The largest absolute Gasteiger partial charge is 0.500 e. The molecule has 1 saturated carbocycles. The molecule has 1 fully saturated rings. The molecule has 5 heteroatoms. The van der Waals surface area contributed by atoms with E-state index in [1.807, 2.05) is 0 Å². The fourth-order valence-corrected chi connectivity index (χ4v) is 6.27. The van der Waals surface area contributed by atoms with Crippen LogP contribution in [0.25, 0.3) is 0 Å². The highest BCUT2D eigenvalue weighted by atomic mass is 32.2. The van der Waals surface area contributed by atoms with Gasteiger partial charge >= 0.3 is 8.80 Å². The van der Waals surface area contributed by atoms with E-state index >= 15 is 0 Å². The van der Waals surface area contributed by atoms with E-state index < -0.39 is 8.80 Å². The van der Waals surface area contributed by atoms with Crippen LogP contribution in [0.3, 0.4) is 0 Å². The Labute approximate surface area is 136 Å². The van der Waals surface area contributed by atoms with E-state index in [4.69, 9.17) is 13.3 Å². The highest BCUT2D eigenvalue weighted by molar-refractivity contribution is 7.99. The van der Waals surface area contributed by atoms with E-state index in [2.05, 4.69) is 32.5 Å². The zero-order valence-electron chi connectivity index (χ0n) is 14.5. The van der Waals surface area contributed by atoms with Crippen molar-refractivity contribution in [2.75, 3.05) is 27.1 Å². The van der Waals surface area contributed by atoms with Crippen molar-refractivity contribution < 1.29 is 13.3 Å². The van der Waals surface area contributed by atoms with Crippen molar-refractivity contribution in [1.29, 1.82) is 0 Å². The quantitative estimate of drug-likeness (QED) is 0.371. The molecule has 21 heavy (non-hydrogen) atoms. The van der Waals surface area contributed by atoms with Gasteiger partial charge in [0.2, 0.25) is 0 Å². The minimum atomic E-state index is -2.38. The SMILES string of the molecule is CO[Si](CCCSC1CC(=C(C)C)CCC1C)(OC)OC. The van der Waals surface area contributed by atoms with Gasteiger partial charge < -0.3 is 13.3 Å². The Morgan fingerprint density at radius 3 is 2.33 bits per heavy atom. The van der Waals surface area contributed by atoms with E-state index in [1.165, 1.54) is 24.8 Å². The molecule has 0 aromatic rings. The Balaban J connectivity index is 2.39. The molecule has 1 aliphatic carbocycles. The molecule has 1 rings (SSSR count). The Morgan fingerprint density at radius 1 is 1.19 bits per heavy atom. The molecule has 2 atom stereocenters. The lowest BCUT2D eigenvalue weighted by Crippen LogP contribution is -2.42. The van der Waals surface area contributed by atoms with Gasteiger partial charge in [0.05, 0.1) is 0 Å². The van der Waals surface area contributed by atoms with Gasteiger partial charge in [0.25, 0.3) is 0 Å². The molecule has 0 N–H and O–H groups in total. The smallest absolute Gasteiger partial charge is 0.377 e. The highest BCUT2D eigenvalue weighted by Crippen LogP contribution is 2.37. The van der Waals surface area contributed by atoms with Gasteiger partial charge in [0.1, 0.15) is 0 Å². The molecule has 0 aromatic carbocycles. The third-order valence-electron chi connectivity index (χ3n) is 4.58. The fourth-order valence-electron chi connectivity index (χ4n) is 2.89. The number of thioether (sulfide) groups is 1. The summed E-state index contributed by atoms with van der Waals surface area (Å²) in [5, 5.41) is 0.771. The van der Waals surface area contributed by atoms with Crippen molar-refractivity contribution in [2.24, 2.45) is 5.92 Å². The zero-order chi connectivity index (χ0) is 15.9. The molecular formula is C16H32O3SSi. The summed E-state index contributed by atoms with van der Waals surface area (Å²) in [7, 11) is 2.70. The molecule has 0 aromatic heterocycles. The van der Waals surface area contributed by atoms with Crippen LogP contribution in [0.1, 0.15) is 46.5 Å². The Bertz CT molecular complexity index is 330. The van der Waals surface area contributed by atoms with Crippen molar-refractivity contribution in [3.63, 3.8) is 0 Å². The first-order valence-corrected chi connectivity index (χ1v) is 10.9. The van der Waals surface area contributed by atoms with E-state index in [0.717, 1.165) is 29.4 Å². The van der Waals surface area contributed by atoms with Crippen LogP contribution in [0.4, 0.5) is 0 Å². The normalized spacial score (nSPS) is 23.4. The van der Waals surface area contributed by atoms with Crippen molar-refractivity contribution in [2.45, 2.75) is 57.7 Å². The topological polar surface area (TPSA) is 27.7 Å². The number of rotatable bonds is 8. The van der Waals surface area contributed by atoms with Crippen molar-refractivity contribution in [3.8, 4) is 0 Å². The van der Waals surface area contributed by atoms with E-state index in [9.17, 15) is 0 Å². The first-order valence-electron chi connectivity index (χ1n) is 7.90. The molecule has 0 aliphatic heterocycles. The second-order valence-electron chi connectivity index (χ2n) is 6.13. The first kappa shape index (κ1) is 19.2. The van der Waals surface area contributed by atoms with Gasteiger partial charge in [-0.25, -0.2) is 0 Å². The molecule has 0 radical (unpaired) electrons. The Kier molecular flexibility index (Phi) is 8.57. The molecule has 124 valence electrons. The van der Waals surface area contributed by atoms with E-state index in [1.54, 1.807) is 26.9 Å². The van der Waals surface area contributed by atoms with Gasteiger partial charge in [-0.2, -0.15) is 11.8 Å². The molecule has 0 heterocycles. The van der Waals surface area contributed by atoms with Gasteiger partial charge in [0, 0.05) is 32.6 Å². The van der Waals surface area contributed by atoms with Crippen LogP contribution in [0.15, 0.2) is 11.1 Å². The minimum Gasteiger partial charge on any atom is -0.377 e. The molecular weight excluding hydrogens is 300 g/mol.